The van der Waals surface area contributed by atoms with Gasteiger partial charge >= 0.3 is 5.63 Å². The number of phenols is 1. The number of benzene rings is 1. The molecule has 0 atom stereocenters. The van der Waals surface area contributed by atoms with Crippen molar-refractivity contribution in [3.63, 3.8) is 0 Å². The molecule has 0 saturated carbocycles. The van der Waals surface area contributed by atoms with Crippen LogP contribution >= 0.6 is 0 Å². The molecule has 1 N–H and O–H groups in total. The second kappa shape index (κ2) is 3.77. The van der Waals surface area contributed by atoms with Crippen LogP contribution in [0, 0.1) is 0 Å². The van der Waals surface area contributed by atoms with E-state index in [4.69, 9.17) is 13.9 Å². The molecule has 16 heavy (non-hydrogen) atoms. The summed E-state index contributed by atoms with van der Waals surface area (Å²) in [5.74, 6) is 0.409. The van der Waals surface area contributed by atoms with Crippen molar-refractivity contribution < 1.29 is 19.0 Å². The van der Waals surface area contributed by atoms with Crippen LogP contribution in [0.25, 0.3) is 11.0 Å². The Balaban J connectivity index is 2.87. The zero-order valence-electron chi connectivity index (χ0n) is 8.81. The standard InChI is InChI=1S/C11H10O5/c1-14-8-5-7-6(3-4-9(12)16-7)10(13)11(8)15-2/h3-5,13H,1-2H3. The molecule has 1 aromatic heterocycles. The van der Waals surface area contributed by atoms with Gasteiger partial charge in [-0.05, 0) is 6.07 Å². The fraction of sp³-hybridized carbons (Fsp3) is 0.182. The molecule has 5 nitrogen and oxygen atoms in total. The number of methoxy groups -OCH3 is 2. The number of hydrogen-bond acceptors (Lipinski definition) is 5. The fourth-order valence-corrected chi connectivity index (χ4v) is 1.51. The van der Waals surface area contributed by atoms with Gasteiger partial charge in [0.05, 0.1) is 19.6 Å². The van der Waals surface area contributed by atoms with E-state index in [9.17, 15) is 9.90 Å². The van der Waals surface area contributed by atoms with Crippen LogP contribution in [-0.4, -0.2) is 19.3 Å². The van der Waals surface area contributed by atoms with Crippen LogP contribution < -0.4 is 15.1 Å². The van der Waals surface area contributed by atoms with E-state index in [0.717, 1.165) is 0 Å². The van der Waals surface area contributed by atoms with Crippen molar-refractivity contribution in [2.24, 2.45) is 0 Å². The molecule has 0 aliphatic carbocycles. The first-order valence-electron chi connectivity index (χ1n) is 4.55. The second-order valence-electron chi connectivity index (χ2n) is 3.13. The highest BCUT2D eigenvalue weighted by atomic mass is 16.5. The van der Waals surface area contributed by atoms with E-state index < -0.39 is 5.63 Å². The summed E-state index contributed by atoms with van der Waals surface area (Å²) in [6.45, 7) is 0. The van der Waals surface area contributed by atoms with Crippen molar-refractivity contribution in [2.75, 3.05) is 14.2 Å². The van der Waals surface area contributed by atoms with Gasteiger partial charge in [-0.25, -0.2) is 4.79 Å². The number of fused-ring (bicyclic) bond motifs is 1. The SMILES string of the molecule is COc1cc2oc(=O)ccc2c(O)c1OC. The molecule has 5 heteroatoms. The van der Waals surface area contributed by atoms with Gasteiger partial charge in [-0.15, -0.1) is 0 Å². The smallest absolute Gasteiger partial charge is 0.336 e. The van der Waals surface area contributed by atoms with Gasteiger partial charge < -0.3 is 19.0 Å². The van der Waals surface area contributed by atoms with Crippen LogP contribution in [0.4, 0.5) is 0 Å². The third-order valence-corrected chi connectivity index (χ3v) is 2.24. The summed E-state index contributed by atoms with van der Waals surface area (Å²) in [4.78, 5) is 11.0. The van der Waals surface area contributed by atoms with Crippen molar-refractivity contribution in [2.45, 2.75) is 0 Å². The summed E-state index contributed by atoms with van der Waals surface area (Å²) >= 11 is 0. The Hall–Kier alpha value is -2.17. The molecule has 2 rings (SSSR count). The molecule has 0 saturated heterocycles. The average Bonchev–Trinajstić information content (AvgIpc) is 2.28. The summed E-state index contributed by atoms with van der Waals surface area (Å²) in [6, 6.07) is 4.20. The van der Waals surface area contributed by atoms with Gasteiger partial charge in [0.15, 0.2) is 11.5 Å². The van der Waals surface area contributed by atoms with Gasteiger partial charge in [0, 0.05) is 12.1 Å². The Bertz CT molecular complexity index is 585. The molecular formula is C11H10O5. The van der Waals surface area contributed by atoms with Crippen molar-refractivity contribution in [1.29, 1.82) is 0 Å². The first kappa shape index (κ1) is 10.4. The minimum Gasteiger partial charge on any atom is -0.504 e. The van der Waals surface area contributed by atoms with Gasteiger partial charge in [-0.3, -0.25) is 0 Å². The molecule has 0 spiro atoms. The van der Waals surface area contributed by atoms with Gasteiger partial charge in [-0.1, -0.05) is 0 Å². The predicted octanol–water partition coefficient (Wildman–Crippen LogP) is 1.52. The third kappa shape index (κ3) is 1.46. The zero-order chi connectivity index (χ0) is 11.7. The Morgan fingerprint density at radius 3 is 2.62 bits per heavy atom. The summed E-state index contributed by atoms with van der Waals surface area (Å²) in [7, 11) is 2.85. The van der Waals surface area contributed by atoms with Gasteiger partial charge in [0.1, 0.15) is 5.58 Å². The van der Waals surface area contributed by atoms with E-state index in [1.165, 1.54) is 32.4 Å². The Morgan fingerprint density at radius 2 is 2.00 bits per heavy atom. The molecular weight excluding hydrogens is 212 g/mol. The molecule has 0 fully saturated rings. The largest absolute Gasteiger partial charge is 0.504 e. The summed E-state index contributed by atoms with van der Waals surface area (Å²) < 4.78 is 15.0. The lowest BCUT2D eigenvalue weighted by Crippen LogP contribution is -1.97. The second-order valence-corrected chi connectivity index (χ2v) is 3.13. The van der Waals surface area contributed by atoms with Crippen LogP contribution in [0.2, 0.25) is 0 Å². The van der Waals surface area contributed by atoms with Crippen LogP contribution in [-0.2, 0) is 0 Å². The molecule has 0 bridgehead atoms. The third-order valence-electron chi connectivity index (χ3n) is 2.24. The monoisotopic (exact) mass is 222 g/mol. The van der Waals surface area contributed by atoms with Crippen LogP contribution in [0.5, 0.6) is 17.2 Å². The summed E-state index contributed by atoms with van der Waals surface area (Å²) in [5.41, 5.74) is -0.234. The molecule has 1 heterocycles. The van der Waals surface area contributed by atoms with Crippen molar-refractivity contribution in [1.82, 2.24) is 0 Å². The minimum absolute atomic E-state index is 0.111. The van der Waals surface area contributed by atoms with Crippen LogP contribution in [0.15, 0.2) is 27.4 Å². The van der Waals surface area contributed by atoms with Crippen LogP contribution in [0.3, 0.4) is 0 Å². The van der Waals surface area contributed by atoms with Crippen molar-refractivity contribution in [3.05, 3.63) is 28.6 Å². The maximum absolute atomic E-state index is 11.0. The first-order valence-corrected chi connectivity index (χ1v) is 4.55. The highest BCUT2D eigenvalue weighted by Crippen LogP contribution is 2.41. The molecule has 0 aliphatic heterocycles. The quantitative estimate of drug-likeness (QED) is 0.780. The van der Waals surface area contributed by atoms with Gasteiger partial charge in [0.2, 0.25) is 5.75 Å². The van der Waals surface area contributed by atoms with Crippen molar-refractivity contribution >= 4 is 11.0 Å². The highest BCUT2D eigenvalue weighted by Gasteiger charge is 2.15. The number of rotatable bonds is 2. The lowest BCUT2D eigenvalue weighted by molar-refractivity contribution is 0.334. The highest BCUT2D eigenvalue weighted by molar-refractivity contribution is 5.88. The van der Waals surface area contributed by atoms with Crippen molar-refractivity contribution in [3.8, 4) is 17.2 Å². The summed E-state index contributed by atoms with van der Waals surface area (Å²) in [5, 5.41) is 10.3. The van der Waals surface area contributed by atoms with E-state index in [1.54, 1.807) is 0 Å². The molecule has 84 valence electrons. The number of ether oxygens (including phenoxy) is 2. The molecule has 0 amide bonds. The van der Waals surface area contributed by atoms with E-state index in [0.29, 0.717) is 11.1 Å². The summed E-state index contributed by atoms with van der Waals surface area (Å²) in [6.07, 6.45) is 0. The number of hydrogen-bond donors (Lipinski definition) is 1. The Morgan fingerprint density at radius 1 is 1.25 bits per heavy atom. The number of aromatic hydroxyl groups is 1. The Kier molecular flexibility index (Phi) is 2.44. The molecule has 2 aromatic rings. The van der Waals surface area contributed by atoms with Gasteiger partial charge in [-0.2, -0.15) is 0 Å². The topological polar surface area (TPSA) is 68.9 Å². The van der Waals surface area contributed by atoms with E-state index in [2.05, 4.69) is 0 Å². The van der Waals surface area contributed by atoms with E-state index in [1.807, 2.05) is 0 Å². The number of phenolic OH excluding ortho intramolecular Hbond substituents is 1. The maximum atomic E-state index is 11.0. The molecule has 0 aliphatic rings. The molecule has 1 aromatic carbocycles. The molecule has 0 radical (unpaired) electrons. The molecule has 0 unspecified atom stereocenters. The zero-order valence-corrected chi connectivity index (χ0v) is 8.81. The maximum Gasteiger partial charge on any atom is 0.336 e. The van der Waals surface area contributed by atoms with E-state index >= 15 is 0 Å². The lowest BCUT2D eigenvalue weighted by atomic mass is 10.2. The van der Waals surface area contributed by atoms with E-state index in [-0.39, 0.29) is 17.1 Å². The normalized spacial score (nSPS) is 10.4. The van der Waals surface area contributed by atoms with Crippen LogP contribution in [0.1, 0.15) is 0 Å². The minimum atomic E-state index is -0.487. The fourth-order valence-electron chi connectivity index (χ4n) is 1.51. The Labute approximate surface area is 90.8 Å². The predicted molar refractivity (Wildman–Crippen MR) is 57.3 cm³/mol. The average molecular weight is 222 g/mol. The van der Waals surface area contributed by atoms with Gasteiger partial charge in [0.25, 0.3) is 0 Å². The first-order chi connectivity index (χ1) is 7.67. The lowest BCUT2D eigenvalue weighted by Gasteiger charge is -2.10.